The van der Waals surface area contributed by atoms with Crippen LogP contribution in [0.1, 0.15) is 19.8 Å². The van der Waals surface area contributed by atoms with Crippen molar-refractivity contribution in [3.8, 4) is 0 Å². The van der Waals surface area contributed by atoms with E-state index >= 15 is 0 Å². The molecule has 1 rings (SSSR count). The third-order valence-corrected chi connectivity index (χ3v) is 2.36. The van der Waals surface area contributed by atoms with Crippen LogP contribution in [0, 0.1) is 0 Å². The van der Waals surface area contributed by atoms with Crippen LogP contribution in [0.2, 0.25) is 0 Å². The molecule has 0 radical (unpaired) electrons. The Labute approximate surface area is 101 Å². The van der Waals surface area contributed by atoms with Crippen LogP contribution in [0.5, 0.6) is 0 Å². The van der Waals surface area contributed by atoms with Crippen molar-refractivity contribution in [2.45, 2.75) is 32.4 Å². The van der Waals surface area contributed by atoms with Gasteiger partial charge in [-0.05, 0) is 6.42 Å². The summed E-state index contributed by atoms with van der Waals surface area (Å²) in [5, 5.41) is 6.83. The number of nitrogens with two attached hydrogens (primary N) is 1. The van der Waals surface area contributed by atoms with Crippen molar-refractivity contribution in [2.75, 3.05) is 19.0 Å². The molecule has 96 valence electrons. The second-order valence-corrected chi connectivity index (χ2v) is 3.87. The molecule has 0 spiro atoms. The normalized spacial score (nSPS) is 12.4. The lowest BCUT2D eigenvalue weighted by Gasteiger charge is -2.09. The van der Waals surface area contributed by atoms with E-state index in [2.05, 4.69) is 10.4 Å². The maximum Gasteiger partial charge on any atom is 0.241 e. The highest BCUT2D eigenvalue weighted by molar-refractivity contribution is 5.94. The van der Waals surface area contributed by atoms with Gasteiger partial charge in [0, 0.05) is 13.3 Å². The van der Waals surface area contributed by atoms with E-state index in [4.69, 9.17) is 10.5 Å². The molecule has 0 aliphatic carbocycles. The molecular formula is C11H20N4O2. The summed E-state index contributed by atoms with van der Waals surface area (Å²) in [6.07, 6.45) is 4.94. The monoisotopic (exact) mass is 240 g/mol. The molecule has 3 N–H and O–H groups in total. The highest BCUT2D eigenvalue weighted by atomic mass is 16.5. The molecule has 1 aromatic heterocycles. The lowest BCUT2D eigenvalue weighted by molar-refractivity contribution is -0.117. The number of carbonyl (C=O) groups excluding carboxylic acids is 1. The number of rotatable bonds is 7. The highest BCUT2D eigenvalue weighted by Gasteiger charge is 2.12. The number of anilines is 1. The largest absolute Gasteiger partial charge is 0.383 e. The summed E-state index contributed by atoms with van der Waals surface area (Å²) in [5.41, 5.74) is 6.37. The van der Waals surface area contributed by atoms with Crippen molar-refractivity contribution < 1.29 is 9.53 Å². The Kier molecular flexibility index (Phi) is 5.65. The van der Waals surface area contributed by atoms with Gasteiger partial charge in [-0.3, -0.25) is 9.48 Å². The maximum atomic E-state index is 11.6. The molecule has 0 fully saturated rings. The number of aromatic nitrogens is 2. The smallest absolute Gasteiger partial charge is 0.241 e. The summed E-state index contributed by atoms with van der Waals surface area (Å²) in [5.74, 6) is -0.168. The van der Waals surface area contributed by atoms with E-state index in [9.17, 15) is 4.79 Å². The number of hydrogen-bond acceptors (Lipinski definition) is 4. The number of hydrogen-bond donors (Lipinski definition) is 2. The zero-order valence-corrected chi connectivity index (χ0v) is 10.3. The van der Waals surface area contributed by atoms with E-state index in [0.717, 1.165) is 6.42 Å². The Morgan fingerprint density at radius 1 is 1.71 bits per heavy atom. The average Bonchev–Trinajstić information content (AvgIpc) is 2.74. The topological polar surface area (TPSA) is 82.2 Å². The Morgan fingerprint density at radius 3 is 3.12 bits per heavy atom. The summed E-state index contributed by atoms with van der Waals surface area (Å²) in [7, 11) is 1.63. The molecule has 0 aliphatic heterocycles. The summed E-state index contributed by atoms with van der Waals surface area (Å²) in [4.78, 5) is 11.6. The minimum absolute atomic E-state index is 0.168. The molecule has 1 amide bonds. The Balaban J connectivity index is 2.45. The standard InChI is InChI=1S/C11H20N4O2/c1-3-4-10(12)11(16)14-9-7-13-15(8-9)5-6-17-2/h7-8,10H,3-6,12H2,1-2H3,(H,14,16). The van der Waals surface area contributed by atoms with Crippen LogP contribution in [-0.4, -0.2) is 35.4 Å². The van der Waals surface area contributed by atoms with Gasteiger partial charge in [-0.2, -0.15) is 5.10 Å². The summed E-state index contributed by atoms with van der Waals surface area (Å²) >= 11 is 0. The van der Waals surface area contributed by atoms with Crippen molar-refractivity contribution in [2.24, 2.45) is 5.73 Å². The van der Waals surface area contributed by atoms with Crippen LogP contribution in [-0.2, 0) is 16.1 Å². The van der Waals surface area contributed by atoms with E-state index in [0.29, 0.717) is 25.3 Å². The predicted octanol–water partition coefficient (Wildman–Crippen LogP) is 0.595. The minimum Gasteiger partial charge on any atom is -0.383 e. The Bertz CT molecular complexity index is 351. The molecule has 0 bridgehead atoms. The van der Waals surface area contributed by atoms with Gasteiger partial charge in [-0.15, -0.1) is 0 Å². The van der Waals surface area contributed by atoms with Crippen LogP contribution < -0.4 is 11.1 Å². The fraction of sp³-hybridized carbons (Fsp3) is 0.636. The third kappa shape index (κ3) is 4.54. The molecule has 17 heavy (non-hydrogen) atoms. The van der Waals surface area contributed by atoms with Gasteiger partial charge in [-0.25, -0.2) is 0 Å². The van der Waals surface area contributed by atoms with Gasteiger partial charge >= 0.3 is 0 Å². The molecule has 0 saturated heterocycles. The minimum atomic E-state index is -0.456. The number of nitrogens with zero attached hydrogens (tertiary/aromatic N) is 2. The number of amides is 1. The second-order valence-electron chi connectivity index (χ2n) is 3.87. The van der Waals surface area contributed by atoms with E-state index in [1.54, 1.807) is 24.2 Å². The molecule has 0 aromatic carbocycles. The SMILES string of the molecule is CCCC(N)C(=O)Nc1cnn(CCOC)c1. The molecule has 0 aliphatic rings. The molecule has 1 unspecified atom stereocenters. The van der Waals surface area contributed by atoms with Crippen molar-refractivity contribution in [1.29, 1.82) is 0 Å². The zero-order chi connectivity index (χ0) is 12.7. The first-order valence-electron chi connectivity index (χ1n) is 5.75. The molecular weight excluding hydrogens is 220 g/mol. The second kappa shape index (κ2) is 7.03. The lowest BCUT2D eigenvalue weighted by Crippen LogP contribution is -2.35. The van der Waals surface area contributed by atoms with Crippen molar-refractivity contribution in [1.82, 2.24) is 9.78 Å². The first-order valence-corrected chi connectivity index (χ1v) is 5.75. The summed E-state index contributed by atoms with van der Waals surface area (Å²) in [6.45, 7) is 3.24. The van der Waals surface area contributed by atoms with Crippen LogP contribution in [0.15, 0.2) is 12.4 Å². The van der Waals surface area contributed by atoms with Gasteiger partial charge in [0.2, 0.25) is 5.91 Å². The number of ether oxygens (including phenoxy) is 1. The zero-order valence-electron chi connectivity index (χ0n) is 10.3. The highest BCUT2D eigenvalue weighted by Crippen LogP contribution is 2.06. The van der Waals surface area contributed by atoms with Gasteiger partial charge in [0.05, 0.1) is 31.1 Å². The van der Waals surface area contributed by atoms with Crippen LogP contribution in [0.3, 0.4) is 0 Å². The molecule has 1 aromatic rings. The Hall–Kier alpha value is -1.40. The van der Waals surface area contributed by atoms with Gasteiger partial charge in [-0.1, -0.05) is 13.3 Å². The number of carbonyl (C=O) groups is 1. The fourth-order valence-corrected chi connectivity index (χ4v) is 1.41. The van der Waals surface area contributed by atoms with Gasteiger partial charge in [0.1, 0.15) is 0 Å². The first-order chi connectivity index (χ1) is 8.17. The molecule has 6 nitrogen and oxygen atoms in total. The van der Waals surface area contributed by atoms with E-state index < -0.39 is 6.04 Å². The molecule has 6 heteroatoms. The van der Waals surface area contributed by atoms with Crippen molar-refractivity contribution in [3.05, 3.63) is 12.4 Å². The van der Waals surface area contributed by atoms with Gasteiger partial charge < -0.3 is 15.8 Å². The average molecular weight is 240 g/mol. The molecule has 1 atom stereocenters. The van der Waals surface area contributed by atoms with E-state index in [-0.39, 0.29) is 5.91 Å². The van der Waals surface area contributed by atoms with Gasteiger partial charge in [0.15, 0.2) is 0 Å². The first kappa shape index (κ1) is 13.7. The Morgan fingerprint density at radius 2 is 2.47 bits per heavy atom. The van der Waals surface area contributed by atoms with Gasteiger partial charge in [0.25, 0.3) is 0 Å². The predicted molar refractivity (Wildman–Crippen MR) is 65.6 cm³/mol. The van der Waals surface area contributed by atoms with Crippen molar-refractivity contribution in [3.63, 3.8) is 0 Å². The number of methoxy groups -OCH3 is 1. The van der Waals surface area contributed by atoms with Crippen LogP contribution >= 0.6 is 0 Å². The molecule has 1 heterocycles. The van der Waals surface area contributed by atoms with E-state index in [1.807, 2.05) is 6.92 Å². The summed E-state index contributed by atoms with van der Waals surface area (Å²) in [6, 6.07) is -0.456. The third-order valence-electron chi connectivity index (χ3n) is 2.36. The van der Waals surface area contributed by atoms with Crippen molar-refractivity contribution >= 4 is 11.6 Å². The van der Waals surface area contributed by atoms with Crippen LogP contribution in [0.4, 0.5) is 5.69 Å². The molecule has 0 saturated carbocycles. The summed E-state index contributed by atoms with van der Waals surface area (Å²) < 4.78 is 6.65. The van der Waals surface area contributed by atoms with Crippen LogP contribution in [0.25, 0.3) is 0 Å². The maximum absolute atomic E-state index is 11.6. The quantitative estimate of drug-likeness (QED) is 0.731. The fourth-order valence-electron chi connectivity index (χ4n) is 1.41. The number of nitrogens with one attached hydrogen (secondary N) is 1. The van der Waals surface area contributed by atoms with E-state index in [1.165, 1.54) is 0 Å². The lowest BCUT2D eigenvalue weighted by atomic mass is 10.2.